The fourth-order valence-corrected chi connectivity index (χ4v) is 2.11. The zero-order chi connectivity index (χ0) is 14.3. The number of halogens is 1. The number of ether oxygens (including phenoxy) is 1. The minimum absolute atomic E-state index is 0.217. The number of nitrogens with two attached hydrogens (primary N) is 1. The molecule has 0 heterocycles. The standard InChI is InChI=1S/C14H19BrN2O2/c1-13(2,3)19-12(18)17-11-8-9(4-5-10(11)15)14(16)6-7-14/h4-5,8H,6-7,16H2,1-3H3,(H,17,18). The molecule has 0 spiro atoms. The SMILES string of the molecule is CC(C)(C)OC(=O)Nc1cc(C2(N)CC2)ccc1Br. The molecule has 2 rings (SSSR count). The highest BCUT2D eigenvalue weighted by atomic mass is 79.9. The lowest BCUT2D eigenvalue weighted by Crippen LogP contribution is -2.27. The zero-order valence-electron chi connectivity index (χ0n) is 11.4. The molecule has 104 valence electrons. The van der Waals surface area contributed by atoms with Crippen molar-refractivity contribution in [2.45, 2.75) is 44.8 Å². The Bertz CT molecular complexity index is 505. The molecule has 1 aromatic rings. The van der Waals surface area contributed by atoms with Crippen molar-refractivity contribution >= 4 is 27.7 Å². The number of anilines is 1. The smallest absolute Gasteiger partial charge is 0.412 e. The number of benzene rings is 1. The average Bonchev–Trinajstić information content (AvgIpc) is 2.98. The number of rotatable bonds is 2. The van der Waals surface area contributed by atoms with Crippen molar-refractivity contribution in [3.05, 3.63) is 28.2 Å². The lowest BCUT2D eigenvalue weighted by atomic mass is 10.1. The molecule has 1 aliphatic rings. The van der Waals surface area contributed by atoms with Crippen molar-refractivity contribution in [3.8, 4) is 0 Å². The fraction of sp³-hybridized carbons (Fsp3) is 0.500. The summed E-state index contributed by atoms with van der Waals surface area (Å²) in [6, 6.07) is 5.79. The van der Waals surface area contributed by atoms with Gasteiger partial charge in [-0.15, -0.1) is 0 Å². The Kier molecular flexibility index (Phi) is 3.62. The maximum absolute atomic E-state index is 11.8. The van der Waals surface area contributed by atoms with Crippen LogP contribution < -0.4 is 11.1 Å². The Morgan fingerprint density at radius 2 is 2.05 bits per heavy atom. The maximum Gasteiger partial charge on any atom is 0.412 e. The molecular formula is C14H19BrN2O2. The van der Waals surface area contributed by atoms with Gasteiger partial charge in [0, 0.05) is 10.0 Å². The molecule has 0 saturated heterocycles. The third kappa shape index (κ3) is 3.70. The van der Waals surface area contributed by atoms with Crippen LogP contribution in [0.15, 0.2) is 22.7 Å². The molecule has 0 aliphatic heterocycles. The predicted octanol–water partition coefficient (Wildman–Crippen LogP) is 3.74. The third-order valence-corrected chi connectivity index (χ3v) is 3.66. The summed E-state index contributed by atoms with van der Waals surface area (Å²) in [5, 5.41) is 2.74. The second-order valence-electron chi connectivity index (χ2n) is 5.98. The number of nitrogens with one attached hydrogen (secondary N) is 1. The minimum atomic E-state index is -0.514. The second-order valence-corrected chi connectivity index (χ2v) is 6.83. The van der Waals surface area contributed by atoms with Crippen LogP contribution >= 0.6 is 15.9 Å². The quantitative estimate of drug-likeness (QED) is 0.870. The van der Waals surface area contributed by atoms with Gasteiger partial charge in [0.1, 0.15) is 5.60 Å². The van der Waals surface area contributed by atoms with Crippen LogP contribution in [0.5, 0.6) is 0 Å². The van der Waals surface area contributed by atoms with E-state index in [1.165, 1.54) is 0 Å². The van der Waals surface area contributed by atoms with Gasteiger partial charge in [0.2, 0.25) is 0 Å². The molecule has 1 saturated carbocycles. The van der Waals surface area contributed by atoms with Gasteiger partial charge in [0.05, 0.1) is 5.69 Å². The van der Waals surface area contributed by atoms with Crippen molar-refractivity contribution in [2.75, 3.05) is 5.32 Å². The lowest BCUT2D eigenvalue weighted by Gasteiger charge is -2.20. The molecule has 1 fully saturated rings. The van der Waals surface area contributed by atoms with Crippen LogP contribution in [0.2, 0.25) is 0 Å². The minimum Gasteiger partial charge on any atom is -0.444 e. The van der Waals surface area contributed by atoms with Gasteiger partial charge < -0.3 is 10.5 Å². The monoisotopic (exact) mass is 326 g/mol. The van der Waals surface area contributed by atoms with Crippen molar-refractivity contribution < 1.29 is 9.53 Å². The fourth-order valence-electron chi connectivity index (χ4n) is 1.77. The van der Waals surface area contributed by atoms with E-state index in [1.54, 1.807) is 0 Å². The molecule has 0 atom stereocenters. The van der Waals surface area contributed by atoms with E-state index in [0.29, 0.717) is 5.69 Å². The summed E-state index contributed by atoms with van der Waals surface area (Å²) in [6.45, 7) is 5.49. The normalized spacial score (nSPS) is 16.9. The third-order valence-electron chi connectivity index (χ3n) is 2.97. The van der Waals surface area contributed by atoms with Crippen LogP contribution in [0.1, 0.15) is 39.2 Å². The van der Waals surface area contributed by atoms with Gasteiger partial charge in [-0.1, -0.05) is 6.07 Å². The molecule has 1 aliphatic carbocycles. The molecule has 19 heavy (non-hydrogen) atoms. The molecule has 1 aromatic carbocycles. The number of hydrogen-bond acceptors (Lipinski definition) is 3. The highest BCUT2D eigenvalue weighted by Crippen LogP contribution is 2.44. The molecule has 0 aromatic heterocycles. The summed E-state index contributed by atoms with van der Waals surface area (Å²) >= 11 is 3.41. The Balaban J connectivity index is 2.13. The van der Waals surface area contributed by atoms with E-state index in [0.717, 1.165) is 22.9 Å². The van der Waals surface area contributed by atoms with Gasteiger partial charge in [-0.3, -0.25) is 5.32 Å². The number of hydrogen-bond donors (Lipinski definition) is 2. The summed E-state index contributed by atoms with van der Waals surface area (Å²) in [5.41, 5.74) is 7.16. The van der Waals surface area contributed by atoms with E-state index >= 15 is 0 Å². The molecule has 0 bridgehead atoms. The Labute approximate surface area is 121 Å². The van der Waals surface area contributed by atoms with E-state index in [4.69, 9.17) is 10.5 Å². The predicted molar refractivity (Wildman–Crippen MR) is 79.1 cm³/mol. The number of amides is 1. The van der Waals surface area contributed by atoms with Crippen molar-refractivity contribution in [1.29, 1.82) is 0 Å². The lowest BCUT2D eigenvalue weighted by molar-refractivity contribution is 0.0636. The van der Waals surface area contributed by atoms with Gasteiger partial charge in [-0.2, -0.15) is 0 Å². The van der Waals surface area contributed by atoms with Gasteiger partial charge in [-0.05, 0) is 67.2 Å². The van der Waals surface area contributed by atoms with Crippen molar-refractivity contribution in [1.82, 2.24) is 0 Å². The van der Waals surface area contributed by atoms with Crippen molar-refractivity contribution in [2.24, 2.45) is 5.73 Å². The molecule has 4 nitrogen and oxygen atoms in total. The first-order valence-corrected chi connectivity index (χ1v) is 7.08. The topological polar surface area (TPSA) is 64.3 Å². The highest BCUT2D eigenvalue weighted by molar-refractivity contribution is 9.10. The summed E-state index contributed by atoms with van der Waals surface area (Å²) in [6.07, 6.45) is 1.51. The zero-order valence-corrected chi connectivity index (χ0v) is 13.0. The Morgan fingerprint density at radius 1 is 1.42 bits per heavy atom. The van der Waals surface area contributed by atoms with Gasteiger partial charge >= 0.3 is 6.09 Å². The van der Waals surface area contributed by atoms with Gasteiger partial charge in [0.15, 0.2) is 0 Å². The average molecular weight is 327 g/mol. The Hall–Kier alpha value is -1.07. The van der Waals surface area contributed by atoms with Crippen LogP contribution in [0.4, 0.5) is 10.5 Å². The first-order valence-electron chi connectivity index (χ1n) is 6.29. The summed E-state index contributed by atoms with van der Waals surface area (Å²) in [7, 11) is 0. The molecular weight excluding hydrogens is 308 g/mol. The molecule has 5 heteroatoms. The maximum atomic E-state index is 11.8. The van der Waals surface area contributed by atoms with E-state index in [1.807, 2.05) is 39.0 Å². The van der Waals surface area contributed by atoms with Gasteiger partial charge in [-0.25, -0.2) is 4.79 Å². The molecule has 3 N–H and O–H groups in total. The molecule has 0 unspecified atom stereocenters. The number of carbonyl (C=O) groups is 1. The highest BCUT2D eigenvalue weighted by Gasteiger charge is 2.40. The first kappa shape index (κ1) is 14.3. The largest absolute Gasteiger partial charge is 0.444 e. The van der Waals surface area contributed by atoms with E-state index in [2.05, 4.69) is 21.2 Å². The van der Waals surface area contributed by atoms with Crippen molar-refractivity contribution in [3.63, 3.8) is 0 Å². The first-order chi connectivity index (χ1) is 8.70. The Morgan fingerprint density at radius 3 is 2.58 bits per heavy atom. The summed E-state index contributed by atoms with van der Waals surface area (Å²) in [4.78, 5) is 11.8. The van der Waals surface area contributed by atoms with Crippen LogP contribution in [0.3, 0.4) is 0 Å². The number of carbonyl (C=O) groups excluding carboxylic acids is 1. The van der Waals surface area contributed by atoms with E-state index in [9.17, 15) is 4.79 Å². The van der Waals surface area contributed by atoms with Crippen LogP contribution in [0, 0.1) is 0 Å². The second kappa shape index (κ2) is 4.80. The van der Waals surface area contributed by atoms with Gasteiger partial charge in [0.25, 0.3) is 0 Å². The van der Waals surface area contributed by atoms with E-state index in [-0.39, 0.29) is 5.54 Å². The van der Waals surface area contributed by atoms with Crippen LogP contribution in [0.25, 0.3) is 0 Å². The van der Waals surface area contributed by atoms with Crippen LogP contribution in [-0.2, 0) is 10.3 Å². The summed E-state index contributed by atoms with van der Waals surface area (Å²) < 4.78 is 6.05. The molecule has 1 amide bonds. The van der Waals surface area contributed by atoms with Crippen LogP contribution in [-0.4, -0.2) is 11.7 Å². The summed E-state index contributed by atoms with van der Waals surface area (Å²) in [5.74, 6) is 0. The van der Waals surface area contributed by atoms with E-state index < -0.39 is 11.7 Å². The molecule has 0 radical (unpaired) electrons.